The molecule has 1 rings (SSSR count). The average molecular weight is 253 g/mol. The molecule has 0 aliphatic carbocycles. The van der Waals surface area contributed by atoms with E-state index in [0.29, 0.717) is 18.1 Å². The van der Waals surface area contributed by atoms with Crippen LogP contribution in [0.25, 0.3) is 0 Å². The van der Waals surface area contributed by atoms with Crippen molar-refractivity contribution < 1.29 is 9.47 Å². The number of rotatable bonds is 6. The molecule has 0 spiro atoms. The molecule has 0 aliphatic rings. The highest BCUT2D eigenvalue weighted by Crippen LogP contribution is 2.22. The lowest BCUT2D eigenvalue weighted by atomic mass is 10.1. The Morgan fingerprint density at radius 1 is 1.39 bits per heavy atom. The Morgan fingerprint density at radius 3 is 2.61 bits per heavy atom. The molecule has 0 radical (unpaired) electrons. The van der Waals surface area contributed by atoms with Gasteiger partial charge in [-0.3, -0.25) is 0 Å². The molecule has 1 aromatic heterocycles. The fourth-order valence-electron chi connectivity index (χ4n) is 1.24. The predicted molar refractivity (Wildman–Crippen MR) is 74.0 cm³/mol. The van der Waals surface area contributed by atoms with Gasteiger partial charge < -0.3 is 20.5 Å². The monoisotopic (exact) mass is 253 g/mol. The van der Waals surface area contributed by atoms with Crippen LogP contribution in [0.15, 0.2) is 12.1 Å². The van der Waals surface area contributed by atoms with Crippen molar-refractivity contribution in [2.45, 2.75) is 39.4 Å². The number of nitrogens with two attached hydrogens (primary N) is 1. The second-order valence-corrected chi connectivity index (χ2v) is 5.07. The van der Waals surface area contributed by atoms with Gasteiger partial charge >= 0.3 is 0 Å². The number of hydrogen-bond acceptors (Lipinski definition) is 5. The van der Waals surface area contributed by atoms with Crippen LogP contribution in [0, 0.1) is 0 Å². The van der Waals surface area contributed by atoms with Gasteiger partial charge in [-0.05, 0) is 39.8 Å². The Bertz CT molecular complexity index is 392. The largest absolute Gasteiger partial charge is 0.473 e. The molecule has 0 saturated carbocycles. The van der Waals surface area contributed by atoms with Crippen LogP contribution in [0.1, 0.15) is 27.7 Å². The van der Waals surface area contributed by atoms with Gasteiger partial charge in [-0.1, -0.05) is 0 Å². The van der Waals surface area contributed by atoms with Crippen molar-refractivity contribution in [2.75, 3.05) is 24.7 Å². The van der Waals surface area contributed by atoms with Crippen LogP contribution in [0.4, 0.5) is 11.5 Å². The molecule has 1 heterocycles. The smallest absolute Gasteiger partial charge is 0.239 e. The second kappa shape index (κ2) is 5.91. The number of nitrogens with zero attached hydrogens (tertiary/aromatic N) is 1. The molecule has 0 aliphatic heterocycles. The summed E-state index contributed by atoms with van der Waals surface area (Å²) in [6.07, 6.45) is 0.0467. The normalized spacial score (nSPS) is 11.7. The lowest BCUT2D eigenvalue weighted by Gasteiger charge is -2.23. The third-order valence-electron chi connectivity index (χ3n) is 2.48. The summed E-state index contributed by atoms with van der Waals surface area (Å²) in [7, 11) is 1.69. The van der Waals surface area contributed by atoms with Crippen LogP contribution >= 0.6 is 0 Å². The summed E-state index contributed by atoms with van der Waals surface area (Å²) in [5.41, 5.74) is 6.10. The molecule has 5 nitrogen and oxygen atoms in total. The number of hydrogen-bond donors (Lipinski definition) is 2. The van der Waals surface area contributed by atoms with Crippen molar-refractivity contribution in [3.63, 3.8) is 0 Å². The number of aromatic nitrogens is 1. The van der Waals surface area contributed by atoms with E-state index in [1.165, 1.54) is 0 Å². The third-order valence-corrected chi connectivity index (χ3v) is 2.48. The molecule has 5 heteroatoms. The topological polar surface area (TPSA) is 69.4 Å². The van der Waals surface area contributed by atoms with Gasteiger partial charge in [0.2, 0.25) is 5.88 Å². The van der Waals surface area contributed by atoms with E-state index < -0.39 is 0 Å². The molecule has 0 amide bonds. The van der Waals surface area contributed by atoms with Gasteiger partial charge in [0, 0.05) is 13.7 Å². The highest BCUT2D eigenvalue weighted by atomic mass is 16.5. The molecule has 0 bridgehead atoms. The van der Waals surface area contributed by atoms with E-state index in [1.807, 2.05) is 33.8 Å². The minimum atomic E-state index is -0.248. The van der Waals surface area contributed by atoms with Gasteiger partial charge in [-0.15, -0.1) is 0 Å². The van der Waals surface area contributed by atoms with Crippen LogP contribution in [0.5, 0.6) is 5.88 Å². The van der Waals surface area contributed by atoms with Gasteiger partial charge in [0.1, 0.15) is 5.82 Å². The first-order valence-electron chi connectivity index (χ1n) is 6.06. The summed E-state index contributed by atoms with van der Waals surface area (Å²) in [5.74, 6) is 1.19. The van der Waals surface area contributed by atoms with E-state index in [4.69, 9.17) is 15.2 Å². The quantitative estimate of drug-likeness (QED) is 0.814. The number of anilines is 2. The zero-order valence-corrected chi connectivity index (χ0v) is 11.8. The maximum absolute atomic E-state index is 5.81. The highest BCUT2D eigenvalue weighted by Gasteiger charge is 2.16. The molecule has 18 heavy (non-hydrogen) atoms. The van der Waals surface area contributed by atoms with Gasteiger partial charge in [0.05, 0.1) is 17.4 Å². The number of nitrogen functional groups attached to an aromatic ring is 1. The van der Waals surface area contributed by atoms with Crippen molar-refractivity contribution in [1.82, 2.24) is 4.98 Å². The summed E-state index contributed by atoms with van der Waals surface area (Å²) in [4.78, 5) is 4.34. The first-order valence-corrected chi connectivity index (χ1v) is 6.06. The van der Waals surface area contributed by atoms with Crippen LogP contribution < -0.4 is 15.8 Å². The van der Waals surface area contributed by atoms with Crippen molar-refractivity contribution >= 4 is 11.5 Å². The fraction of sp³-hybridized carbons (Fsp3) is 0.615. The Kier molecular flexibility index (Phi) is 4.78. The van der Waals surface area contributed by atoms with Crippen molar-refractivity contribution in [3.05, 3.63) is 12.1 Å². The summed E-state index contributed by atoms with van der Waals surface area (Å²) >= 11 is 0. The third kappa shape index (κ3) is 4.41. The molecule has 0 saturated heterocycles. The first-order chi connectivity index (χ1) is 8.34. The van der Waals surface area contributed by atoms with Crippen LogP contribution in [0.3, 0.4) is 0 Å². The van der Waals surface area contributed by atoms with Crippen LogP contribution in [0.2, 0.25) is 0 Å². The van der Waals surface area contributed by atoms with Crippen LogP contribution in [-0.4, -0.2) is 30.3 Å². The SMILES string of the molecule is COC(C)(C)CNc1ccc(N)c(OC(C)C)n1. The Hall–Kier alpha value is -1.49. The minimum absolute atomic E-state index is 0.0467. The Morgan fingerprint density at radius 2 is 2.06 bits per heavy atom. The standard InChI is InChI=1S/C13H23N3O2/c1-9(2)18-12-10(14)6-7-11(16-12)15-8-13(3,4)17-5/h6-7,9H,8,14H2,1-5H3,(H,15,16). The molecule has 0 atom stereocenters. The average Bonchev–Trinajstić information content (AvgIpc) is 2.30. The highest BCUT2D eigenvalue weighted by molar-refractivity contribution is 5.53. The molecular formula is C13H23N3O2. The van der Waals surface area contributed by atoms with Gasteiger partial charge in [0.25, 0.3) is 0 Å². The van der Waals surface area contributed by atoms with E-state index in [-0.39, 0.29) is 11.7 Å². The molecule has 1 aromatic rings. The second-order valence-electron chi connectivity index (χ2n) is 5.07. The zero-order chi connectivity index (χ0) is 13.8. The van der Waals surface area contributed by atoms with E-state index in [2.05, 4.69) is 10.3 Å². The maximum atomic E-state index is 5.81. The number of pyridine rings is 1. The lowest BCUT2D eigenvalue weighted by molar-refractivity contribution is 0.0343. The van der Waals surface area contributed by atoms with E-state index in [9.17, 15) is 0 Å². The van der Waals surface area contributed by atoms with Gasteiger partial charge in [-0.25, -0.2) is 0 Å². The molecular weight excluding hydrogens is 230 g/mol. The lowest BCUT2D eigenvalue weighted by Crippen LogP contribution is -2.32. The van der Waals surface area contributed by atoms with E-state index >= 15 is 0 Å². The molecule has 0 aromatic carbocycles. The zero-order valence-electron chi connectivity index (χ0n) is 11.8. The van der Waals surface area contributed by atoms with E-state index in [0.717, 1.165) is 5.82 Å². The minimum Gasteiger partial charge on any atom is -0.473 e. The summed E-state index contributed by atoms with van der Waals surface area (Å²) < 4.78 is 10.9. The predicted octanol–water partition coefficient (Wildman–Crippen LogP) is 2.29. The number of ether oxygens (including phenoxy) is 2. The summed E-state index contributed by atoms with van der Waals surface area (Å²) in [6.45, 7) is 8.54. The number of methoxy groups -OCH3 is 1. The van der Waals surface area contributed by atoms with Gasteiger partial charge in [0.15, 0.2) is 0 Å². The van der Waals surface area contributed by atoms with Crippen molar-refractivity contribution in [3.8, 4) is 5.88 Å². The molecule has 102 valence electrons. The maximum Gasteiger partial charge on any atom is 0.239 e. The van der Waals surface area contributed by atoms with Gasteiger partial charge in [-0.2, -0.15) is 4.98 Å². The van der Waals surface area contributed by atoms with Crippen molar-refractivity contribution in [1.29, 1.82) is 0 Å². The Balaban J connectivity index is 2.73. The molecule has 0 unspecified atom stereocenters. The van der Waals surface area contributed by atoms with E-state index in [1.54, 1.807) is 13.2 Å². The summed E-state index contributed by atoms with van der Waals surface area (Å²) in [6, 6.07) is 3.61. The van der Waals surface area contributed by atoms with Crippen molar-refractivity contribution in [2.24, 2.45) is 0 Å². The Labute approximate surface area is 109 Å². The van der Waals surface area contributed by atoms with Crippen LogP contribution in [-0.2, 0) is 4.74 Å². The fourth-order valence-corrected chi connectivity index (χ4v) is 1.24. The molecule has 3 N–H and O–H groups in total. The first kappa shape index (κ1) is 14.6. The summed E-state index contributed by atoms with van der Waals surface area (Å²) in [5, 5.41) is 3.21. The number of nitrogens with one attached hydrogen (secondary N) is 1. The molecule has 0 fully saturated rings.